The average Bonchev–Trinajstić information content (AvgIpc) is 3.09. The Morgan fingerprint density at radius 1 is 1.14 bits per heavy atom. The average molecular weight is 393 g/mol. The van der Waals surface area contributed by atoms with Gasteiger partial charge in [-0.15, -0.1) is 0 Å². The number of carbonyl (C=O) groups excluding carboxylic acids is 2. The summed E-state index contributed by atoms with van der Waals surface area (Å²) in [6.07, 6.45) is 0.960. The first-order valence-corrected chi connectivity index (χ1v) is 10.1. The summed E-state index contributed by atoms with van der Waals surface area (Å²) >= 11 is 0. The van der Waals surface area contributed by atoms with Crippen LogP contribution in [0, 0.1) is 0 Å². The summed E-state index contributed by atoms with van der Waals surface area (Å²) in [6, 6.07) is 15.2. The Morgan fingerprint density at radius 3 is 2.59 bits per heavy atom. The quantitative estimate of drug-likeness (QED) is 0.791. The van der Waals surface area contributed by atoms with Crippen molar-refractivity contribution in [3.63, 3.8) is 0 Å². The third kappa shape index (κ3) is 4.00. The third-order valence-electron chi connectivity index (χ3n) is 5.75. The van der Waals surface area contributed by atoms with Gasteiger partial charge in [0.25, 0.3) is 5.91 Å². The van der Waals surface area contributed by atoms with E-state index in [0.717, 1.165) is 0 Å². The fraction of sp³-hybridized carbons (Fsp3) is 0.417. The van der Waals surface area contributed by atoms with E-state index in [1.807, 2.05) is 42.5 Å². The number of Topliss-reactive ketones (excluding diaryl/α,β-unsaturated/α-hetero) is 1. The van der Waals surface area contributed by atoms with Gasteiger partial charge in [-0.25, -0.2) is 0 Å². The van der Waals surface area contributed by atoms with Gasteiger partial charge in [0.1, 0.15) is 17.1 Å². The van der Waals surface area contributed by atoms with Crippen LogP contribution >= 0.6 is 0 Å². The van der Waals surface area contributed by atoms with Gasteiger partial charge < -0.3 is 14.4 Å². The third-order valence-corrected chi connectivity index (χ3v) is 5.75. The maximum absolute atomic E-state index is 12.7. The van der Waals surface area contributed by atoms with E-state index in [0.29, 0.717) is 43.0 Å². The summed E-state index contributed by atoms with van der Waals surface area (Å²) in [5, 5.41) is 0. The van der Waals surface area contributed by atoms with E-state index >= 15 is 0 Å². The first kappa shape index (κ1) is 19.5. The summed E-state index contributed by atoms with van der Waals surface area (Å²) in [4.78, 5) is 26.9. The molecule has 1 fully saturated rings. The maximum Gasteiger partial charge on any atom is 0.260 e. The molecule has 2 aliphatic rings. The molecule has 152 valence electrons. The Labute approximate surface area is 171 Å². The molecule has 0 saturated carbocycles. The van der Waals surface area contributed by atoms with Gasteiger partial charge in [-0.2, -0.15) is 0 Å². The fourth-order valence-corrected chi connectivity index (χ4v) is 4.02. The molecular formula is C24H27NO4. The van der Waals surface area contributed by atoms with Crippen LogP contribution in [0.5, 0.6) is 11.5 Å². The highest BCUT2D eigenvalue weighted by Crippen LogP contribution is 2.38. The molecule has 2 aromatic carbocycles. The molecule has 0 aromatic heterocycles. The highest BCUT2D eigenvalue weighted by molar-refractivity contribution is 6.00. The number of fused-ring (bicyclic) bond motifs is 1. The van der Waals surface area contributed by atoms with Gasteiger partial charge in [-0.3, -0.25) is 9.59 Å². The van der Waals surface area contributed by atoms with Crippen molar-refractivity contribution >= 4 is 11.7 Å². The molecule has 0 radical (unpaired) electrons. The Hall–Kier alpha value is -2.82. The van der Waals surface area contributed by atoms with E-state index < -0.39 is 5.60 Å². The van der Waals surface area contributed by atoms with E-state index in [4.69, 9.17) is 9.47 Å². The van der Waals surface area contributed by atoms with Crippen molar-refractivity contribution in [3.8, 4) is 11.5 Å². The first-order chi connectivity index (χ1) is 13.8. The molecule has 2 aliphatic heterocycles. The lowest BCUT2D eigenvalue weighted by molar-refractivity contribution is -0.133. The molecule has 5 heteroatoms. The smallest absolute Gasteiger partial charge is 0.260 e. The van der Waals surface area contributed by atoms with Crippen LogP contribution in [0.3, 0.4) is 0 Å². The van der Waals surface area contributed by atoms with Crippen molar-refractivity contribution in [3.05, 3.63) is 59.7 Å². The number of nitrogens with zero attached hydrogens (tertiary/aromatic N) is 1. The topological polar surface area (TPSA) is 55.8 Å². The number of hydrogen-bond acceptors (Lipinski definition) is 4. The molecule has 4 rings (SSSR count). The second kappa shape index (κ2) is 7.21. The Balaban J connectivity index is 1.36. The largest absolute Gasteiger partial charge is 0.484 e. The number of rotatable bonds is 3. The summed E-state index contributed by atoms with van der Waals surface area (Å²) in [5.41, 5.74) is 1.31. The van der Waals surface area contributed by atoms with Gasteiger partial charge in [0, 0.05) is 13.0 Å². The summed E-state index contributed by atoms with van der Waals surface area (Å²) < 4.78 is 11.9. The molecule has 0 aliphatic carbocycles. The fourth-order valence-electron chi connectivity index (χ4n) is 4.02. The molecule has 1 saturated heterocycles. The van der Waals surface area contributed by atoms with Crippen molar-refractivity contribution in [1.29, 1.82) is 0 Å². The molecule has 1 amide bonds. The Kier molecular flexibility index (Phi) is 4.85. The van der Waals surface area contributed by atoms with Crippen molar-refractivity contribution in [2.75, 3.05) is 19.7 Å². The van der Waals surface area contributed by atoms with E-state index in [2.05, 4.69) is 20.8 Å². The number of hydrogen-bond donors (Lipinski definition) is 0. The second-order valence-electron chi connectivity index (χ2n) is 9.01. The van der Waals surface area contributed by atoms with Crippen molar-refractivity contribution in [2.24, 2.45) is 0 Å². The zero-order chi connectivity index (χ0) is 20.6. The lowest BCUT2D eigenvalue weighted by atomic mass is 9.87. The molecule has 5 nitrogen and oxygen atoms in total. The van der Waals surface area contributed by atoms with Gasteiger partial charge in [0.05, 0.1) is 18.5 Å². The SMILES string of the molecule is CC(C)(C)c1ccc(OCC(=O)N2CCC3(CC(=O)c4ccccc4O3)C2)cc1. The van der Waals surface area contributed by atoms with Crippen LogP contribution in [0.25, 0.3) is 0 Å². The van der Waals surface area contributed by atoms with Crippen molar-refractivity contribution < 1.29 is 19.1 Å². The number of carbonyl (C=O) groups is 2. The zero-order valence-corrected chi connectivity index (χ0v) is 17.2. The number of ketones is 1. The highest BCUT2D eigenvalue weighted by atomic mass is 16.5. The number of amides is 1. The zero-order valence-electron chi connectivity index (χ0n) is 17.2. The lowest BCUT2D eigenvalue weighted by Gasteiger charge is -2.34. The maximum atomic E-state index is 12.7. The lowest BCUT2D eigenvalue weighted by Crippen LogP contribution is -2.45. The van der Waals surface area contributed by atoms with Gasteiger partial charge in [0.15, 0.2) is 12.4 Å². The molecular weight excluding hydrogens is 366 g/mol. The molecule has 1 atom stereocenters. The normalized spacial score (nSPS) is 21.1. The van der Waals surface area contributed by atoms with Crippen LogP contribution in [-0.2, 0) is 10.2 Å². The van der Waals surface area contributed by atoms with Crippen molar-refractivity contribution in [2.45, 2.75) is 44.6 Å². The molecule has 2 heterocycles. The first-order valence-electron chi connectivity index (χ1n) is 10.1. The predicted octanol–water partition coefficient (Wildman–Crippen LogP) is 4.00. The van der Waals surface area contributed by atoms with Gasteiger partial charge in [0.2, 0.25) is 0 Å². The monoisotopic (exact) mass is 393 g/mol. The molecule has 1 unspecified atom stereocenters. The number of likely N-dealkylation sites (tertiary alicyclic amines) is 1. The van der Waals surface area contributed by atoms with E-state index in [9.17, 15) is 9.59 Å². The molecule has 2 aromatic rings. The van der Waals surface area contributed by atoms with Crippen LogP contribution in [0.2, 0.25) is 0 Å². The Morgan fingerprint density at radius 2 is 1.86 bits per heavy atom. The predicted molar refractivity (Wildman–Crippen MR) is 111 cm³/mol. The summed E-state index contributed by atoms with van der Waals surface area (Å²) in [5.74, 6) is 1.29. The number of benzene rings is 2. The van der Waals surface area contributed by atoms with Gasteiger partial charge in [-0.05, 0) is 35.2 Å². The second-order valence-corrected chi connectivity index (χ2v) is 9.01. The minimum atomic E-state index is -0.616. The number of para-hydroxylation sites is 1. The van der Waals surface area contributed by atoms with Crippen LogP contribution in [0.1, 0.15) is 49.5 Å². The number of ether oxygens (including phenoxy) is 2. The molecule has 1 spiro atoms. The van der Waals surface area contributed by atoms with Gasteiger partial charge >= 0.3 is 0 Å². The van der Waals surface area contributed by atoms with Crippen LogP contribution in [-0.4, -0.2) is 41.9 Å². The van der Waals surface area contributed by atoms with E-state index in [1.54, 1.807) is 11.0 Å². The minimum absolute atomic E-state index is 0.0184. The standard InChI is InChI=1S/C24H27NO4/c1-23(2,3)17-8-10-18(11-9-17)28-15-22(27)25-13-12-24(16-25)14-20(26)19-6-4-5-7-21(19)29-24/h4-11H,12-16H2,1-3H3. The van der Waals surface area contributed by atoms with E-state index in [-0.39, 0.29) is 23.7 Å². The minimum Gasteiger partial charge on any atom is -0.484 e. The summed E-state index contributed by atoms with van der Waals surface area (Å²) in [6.45, 7) is 7.44. The molecule has 0 N–H and O–H groups in total. The van der Waals surface area contributed by atoms with Crippen LogP contribution in [0.4, 0.5) is 0 Å². The molecule has 0 bridgehead atoms. The highest BCUT2D eigenvalue weighted by Gasteiger charge is 2.46. The van der Waals surface area contributed by atoms with Crippen molar-refractivity contribution in [1.82, 2.24) is 4.90 Å². The molecule has 29 heavy (non-hydrogen) atoms. The van der Waals surface area contributed by atoms with Gasteiger partial charge in [-0.1, -0.05) is 45.0 Å². The Bertz CT molecular complexity index is 929. The van der Waals surface area contributed by atoms with E-state index in [1.165, 1.54) is 5.56 Å². The van der Waals surface area contributed by atoms with Crippen LogP contribution in [0.15, 0.2) is 48.5 Å². The van der Waals surface area contributed by atoms with Crippen LogP contribution < -0.4 is 9.47 Å². The summed E-state index contributed by atoms with van der Waals surface area (Å²) in [7, 11) is 0.